The molecule has 0 aromatic carbocycles. The molecule has 5 heteroatoms. The van der Waals surface area contributed by atoms with Crippen LogP contribution < -0.4 is 0 Å². The number of carbonyl (C=O) groups excluding carboxylic acids is 1. The normalized spacial score (nSPS) is 36.3. The molecule has 3 atom stereocenters. The Hall–Kier alpha value is -0.650. The van der Waals surface area contributed by atoms with Crippen molar-refractivity contribution in [2.45, 2.75) is 50.7 Å². The minimum atomic E-state index is -0.161. The lowest BCUT2D eigenvalue weighted by Crippen LogP contribution is -2.45. The first-order valence-corrected chi connectivity index (χ1v) is 9.54. The van der Waals surface area contributed by atoms with Crippen LogP contribution in [0.25, 0.3) is 0 Å². The number of nitrogens with zero attached hydrogens (tertiary/aromatic N) is 2. The van der Waals surface area contributed by atoms with Crippen molar-refractivity contribution in [1.29, 1.82) is 0 Å². The Balaban J connectivity index is 1.28. The highest BCUT2D eigenvalue weighted by Gasteiger charge is 2.43. The Morgan fingerprint density at radius 1 is 1.04 bits per heavy atom. The van der Waals surface area contributed by atoms with Gasteiger partial charge >= 0.3 is 0 Å². The van der Waals surface area contributed by atoms with E-state index >= 15 is 0 Å². The van der Waals surface area contributed by atoms with Crippen LogP contribution in [0.1, 0.15) is 38.5 Å². The van der Waals surface area contributed by atoms with Crippen LogP contribution in [-0.2, 0) is 14.3 Å². The number of rotatable bonds is 3. The van der Waals surface area contributed by atoms with Gasteiger partial charge in [0.1, 0.15) is 6.10 Å². The van der Waals surface area contributed by atoms with Crippen LogP contribution in [0.3, 0.4) is 0 Å². The zero-order chi connectivity index (χ0) is 15.6. The maximum atomic E-state index is 12.6. The molecule has 4 saturated heterocycles. The van der Waals surface area contributed by atoms with Gasteiger partial charge in [-0.25, -0.2) is 0 Å². The summed E-state index contributed by atoms with van der Waals surface area (Å²) in [6.45, 7) is 7.09. The highest BCUT2D eigenvalue weighted by Crippen LogP contribution is 2.35. The van der Waals surface area contributed by atoms with E-state index in [-0.39, 0.29) is 18.1 Å². The molecule has 0 radical (unpaired) electrons. The summed E-state index contributed by atoms with van der Waals surface area (Å²) in [5.41, 5.74) is 0. The van der Waals surface area contributed by atoms with Crippen molar-refractivity contribution in [3.05, 3.63) is 0 Å². The molecule has 0 saturated carbocycles. The van der Waals surface area contributed by atoms with Crippen molar-refractivity contribution in [2.75, 3.05) is 45.9 Å². The van der Waals surface area contributed by atoms with Crippen LogP contribution in [0.15, 0.2) is 0 Å². The number of amides is 1. The van der Waals surface area contributed by atoms with Crippen molar-refractivity contribution in [3.63, 3.8) is 0 Å². The number of hydrogen-bond acceptors (Lipinski definition) is 4. The molecule has 0 bridgehead atoms. The van der Waals surface area contributed by atoms with Crippen molar-refractivity contribution >= 4 is 5.91 Å². The van der Waals surface area contributed by atoms with Crippen LogP contribution in [0.5, 0.6) is 0 Å². The third kappa shape index (κ3) is 3.57. The Labute approximate surface area is 139 Å². The van der Waals surface area contributed by atoms with Crippen molar-refractivity contribution in [2.24, 2.45) is 11.8 Å². The lowest BCUT2D eigenvalue weighted by Gasteiger charge is -2.36. The first kappa shape index (κ1) is 15.9. The van der Waals surface area contributed by atoms with Gasteiger partial charge in [-0.05, 0) is 56.9 Å². The summed E-state index contributed by atoms with van der Waals surface area (Å²) in [5, 5.41) is 0. The van der Waals surface area contributed by atoms with Gasteiger partial charge < -0.3 is 19.3 Å². The monoisotopic (exact) mass is 322 g/mol. The average Bonchev–Trinajstić information content (AvgIpc) is 3.24. The molecule has 130 valence electrons. The van der Waals surface area contributed by atoms with Gasteiger partial charge in [0, 0.05) is 39.4 Å². The van der Waals surface area contributed by atoms with Gasteiger partial charge in [-0.15, -0.1) is 0 Å². The zero-order valence-corrected chi connectivity index (χ0v) is 14.1. The molecule has 5 nitrogen and oxygen atoms in total. The molecule has 23 heavy (non-hydrogen) atoms. The Morgan fingerprint density at radius 2 is 1.83 bits per heavy atom. The van der Waals surface area contributed by atoms with Crippen molar-refractivity contribution in [1.82, 2.24) is 9.80 Å². The molecular formula is C18H30N2O3. The molecule has 0 aromatic rings. The topological polar surface area (TPSA) is 42.0 Å². The predicted molar refractivity (Wildman–Crippen MR) is 87.2 cm³/mol. The molecule has 4 aliphatic heterocycles. The van der Waals surface area contributed by atoms with E-state index < -0.39 is 0 Å². The standard InChI is InChI=1S/C18H30N2O3/c21-18(20-6-1-2-7-20)16-11-15-3-8-19(13-17(15)23-16)12-14-4-9-22-10-5-14/h14-17H,1-13H2/t15-,16+,17-/m0/s1. The average molecular weight is 322 g/mol. The maximum Gasteiger partial charge on any atom is 0.251 e. The van der Waals surface area contributed by atoms with Crippen LogP contribution in [0.4, 0.5) is 0 Å². The minimum absolute atomic E-state index is 0.161. The van der Waals surface area contributed by atoms with E-state index in [0.717, 1.165) is 58.0 Å². The fraction of sp³-hybridized carbons (Fsp3) is 0.944. The van der Waals surface area contributed by atoms with Crippen LogP contribution in [0.2, 0.25) is 0 Å². The number of hydrogen-bond donors (Lipinski definition) is 0. The van der Waals surface area contributed by atoms with E-state index in [0.29, 0.717) is 5.92 Å². The van der Waals surface area contributed by atoms with Crippen molar-refractivity contribution in [3.8, 4) is 0 Å². The molecule has 0 N–H and O–H groups in total. The summed E-state index contributed by atoms with van der Waals surface area (Å²) in [5.74, 6) is 1.63. The number of fused-ring (bicyclic) bond motifs is 1. The van der Waals surface area contributed by atoms with Gasteiger partial charge in [-0.2, -0.15) is 0 Å². The van der Waals surface area contributed by atoms with Crippen LogP contribution in [0, 0.1) is 11.8 Å². The lowest BCUT2D eigenvalue weighted by molar-refractivity contribution is -0.142. The van der Waals surface area contributed by atoms with E-state index in [1.54, 1.807) is 0 Å². The molecule has 4 fully saturated rings. The third-order valence-corrected chi connectivity index (χ3v) is 6.19. The maximum absolute atomic E-state index is 12.6. The highest BCUT2D eigenvalue weighted by molar-refractivity contribution is 5.81. The summed E-state index contributed by atoms with van der Waals surface area (Å²) in [7, 11) is 0. The first-order valence-electron chi connectivity index (χ1n) is 9.54. The number of likely N-dealkylation sites (tertiary alicyclic amines) is 2. The quantitative estimate of drug-likeness (QED) is 0.790. The second-order valence-electron chi connectivity index (χ2n) is 7.80. The van der Waals surface area contributed by atoms with E-state index in [9.17, 15) is 4.79 Å². The summed E-state index contributed by atoms with van der Waals surface area (Å²) in [4.78, 5) is 17.1. The fourth-order valence-electron chi connectivity index (χ4n) is 4.75. The lowest BCUT2D eigenvalue weighted by atomic mass is 9.90. The van der Waals surface area contributed by atoms with Gasteiger partial charge in [0.05, 0.1) is 6.10 Å². The van der Waals surface area contributed by atoms with Gasteiger partial charge in [0.15, 0.2) is 0 Å². The van der Waals surface area contributed by atoms with Crippen LogP contribution >= 0.6 is 0 Å². The second kappa shape index (κ2) is 7.08. The van der Waals surface area contributed by atoms with Crippen molar-refractivity contribution < 1.29 is 14.3 Å². The Morgan fingerprint density at radius 3 is 2.61 bits per heavy atom. The van der Waals surface area contributed by atoms with E-state index in [2.05, 4.69) is 4.90 Å². The van der Waals surface area contributed by atoms with Crippen LogP contribution in [-0.4, -0.2) is 73.9 Å². The number of carbonyl (C=O) groups is 1. The summed E-state index contributed by atoms with van der Waals surface area (Å²) < 4.78 is 11.7. The molecule has 0 aliphatic carbocycles. The smallest absolute Gasteiger partial charge is 0.251 e. The summed E-state index contributed by atoms with van der Waals surface area (Å²) >= 11 is 0. The predicted octanol–water partition coefficient (Wildman–Crippen LogP) is 1.51. The molecule has 0 spiro atoms. The Bertz CT molecular complexity index is 418. The Kier molecular flexibility index (Phi) is 4.88. The fourth-order valence-corrected chi connectivity index (χ4v) is 4.75. The summed E-state index contributed by atoms with van der Waals surface area (Å²) in [6.07, 6.45) is 6.96. The molecule has 4 heterocycles. The number of piperidine rings is 1. The number of ether oxygens (including phenoxy) is 2. The molecule has 4 aliphatic rings. The molecule has 0 unspecified atom stereocenters. The highest BCUT2D eigenvalue weighted by atomic mass is 16.5. The molecular weight excluding hydrogens is 292 g/mol. The van der Waals surface area contributed by atoms with Gasteiger partial charge in [0.2, 0.25) is 0 Å². The second-order valence-corrected chi connectivity index (χ2v) is 7.80. The molecule has 4 rings (SSSR count). The van der Waals surface area contributed by atoms with Gasteiger partial charge in [0.25, 0.3) is 5.91 Å². The summed E-state index contributed by atoms with van der Waals surface area (Å²) in [6, 6.07) is 0. The molecule has 0 aromatic heterocycles. The van der Waals surface area contributed by atoms with E-state index in [1.807, 2.05) is 4.90 Å². The molecule has 1 amide bonds. The van der Waals surface area contributed by atoms with Gasteiger partial charge in [-0.1, -0.05) is 0 Å². The van der Waals surface area contributed by atoms with Gasteiger partial charge in [-0.3, -0.25) is 4.79 Å². The SMILES string of the molecule is O=C([C@H]1C[C@@H]2CCN(CC3CCOCC3)C[C@@H]2O1)N1CCCC1. The zero-order valence-electron chi connectivity index (χ0n) is 14.1. The third-order valence-electron chi connectivity index (χ3n) is 6.19. The minimum Gasteiger partial charge on any atom is -0.381 e. The van der Waals surface area contributed by atoms with E-state index in [1.165, 1.54) is 32.4 Å². The largest absolute Gasteiger partial charge is 0.381 e. The van der Waals surface area contributed by atoms with E-state index in [4.69, 9.17) is 9.47 Å². The first-order chi connectivity index (χ1) is 11.3.